The molecule has 0 saturated heterocycles. The molecule has 1 amide bonds. The molecule has 0 fully saturated rings. The molecule has 19 heavy (non-hydrogen) atoms. The van der Waals surface area contributed by atoms with E-state index in [9.17, 15) is 4.79 Å². The molecular formula is C14H15ClN2OS. The summed E-state index contributed by atoms with van der Waals surface area (Å²) in [6.07, 6.45) is 1.63. The van der Waals surface area contributed by atoms with E-state index in [1.807, 2.05) is 44.2 Å². The highest BCUT2D eigenvalue weighted by atomic mass is 35.5. The molecule has 100 valence electrons. The SMILES string of the molecule is CC(C)C(C(=O)N(Cl)c1nccs1)c1ccccc1. The van der Waals surface area contributed by atoms with E-state index in [1.54, 1.807) is 11.6 Å². The second-order valence-electron chi connectivity index (χ2n) is 4.57. The van der Waals surface area contributed by atoms with E-state index in [2.05, 4.69) is 4.98 Å². The molecule has 1 aromatic heterocycles. The average molecular weight is 295 g/mol. The van der Waals surface area contributed by atoms with Crippen molar-refractivity contribution in [2.75, 3.05) is 4.42 Å². The van der Waals surface area contributed by atoms with Crippen molar-refractivity contribution in [3.05, 3.63) is 47.5 Å². The van der Waals surface area contributed by atoms with Gasteiger partial charge < -0.3 is 0 Å². The van der Waals surface area contributed by atoms with Crippen molar-refractivity contribution < 1.29 is 4.79 Å². The Hall–Kier alpha value is -1.39. The number of nitrogens with zero attached hydrogens (tertiary/aromatic N) is 2. The Morgan fingerprint density at radius 3 is 2.53 bits per heavy atom. The number of amides is 1. The summed E-state index contributed by atoms with van der Waals surface area (Å²) in [5.74, 6) is -0.239. The number of aromatic nitrogens is 1. The van der Waals surface area contributed by atoms with E-state index >= 15 is 0 Å². The minimum absolute atomic E-state index is 0.141. The van der Waals surface area contributed by atoms with Crippen molar-refractivity contribution >= 4 is 34.2 Å². The van der Waals surface area contributed by atoms with Gasteiger partial charge >= 0.3 is 0 Å². The number of carbonyl (C=O) groups excluding carboxylic acids is 1. The lowest BCUT2D eigenvalue weighted by molar-refractivity contribution is -0.119. The minimum Gasteiger partial charge on any atom is -0.272 e. The van der Waals surface area contributed by atoms with E-state index in [0.29, 0.717) is 5.13 Å². The standard InChI is InChI=1S/C14H15ClN2OS/c1-10(2)12(11-6-4-3-5-7-11)13(18)17(15)14-16-8-9-19-14/h3-10,12H,1-2H3. The molecular weight excluding hydrogens is 280 g/mol. The van der Waals surface area contributed by atoms with Gasteiger partial charge in [-0.3, -0.25) is 4.79 Å². The molecule has 0 radical (unpaired) electrons. The van der Waals surface area contributed by atoms with Crippen molar-refractivity contribution in [3.8, 4) is 0 Å². The molecule has 3 nitrogen and oxygen atoms in total. The van der Waals surface area contributed by atoms with Gasteiger partial charge in [0.1, 0.15) is 0 Å². The first kappa shape index (κ1) is 14.0. The quantitative estimate of drug-likeness (QED) is 0.796. The van der Waals surface area contributed by atoms with Crippen LogP contribution in [-0.4, -0.2) is 10.9 Å². The van der Waals surface area contributed by atoms with Gasteiger partial charge in [-0.15, -0.1) is 11.3 Å². The third kappa shape index (κ3) is 3.14. The third-order valence-corrected chi connectivity index (χ3v) is 4.06. The Labute approximate surface area is 122 Å². The Bertz CT molecular complexity index is 528. The maximum atomic E-state index is 12.5. The second kappa shape index (κ2) is 6.17. The van der Waals surface area contributed by atoms with Crippen molar-refractivity contribution in [1.82, 2.24) is 4.98 Å². The van der Waals surface area contributed by atoms with Gasteiger partial charge in [0.25, 0.3) is 5.91 Å². The zero-order chi connectivity index (χ0) is 13.8. The number of halogens is 1. The maximum Gasteiger partial charge on any atom is 0.251 e. The zero-order valence-corrected chi connectivity index (χ0v) is 12.4. The van der Waals surface area contributed by atoms with Crippen LogP contribution in [0, 0.1) is 5.92 Å². The number of hydrogen-bond donors (Lipinski definition) is 0. The van der Waals surface area contributed by atoms with Crippen LogP contribution in [0.1, 0.15) is 25.3 Å². The van der Waals surface area contributed by atoms with Crippen LogP contribution >= 0.6 is 23.1 Å². The fraction of sp³-hybridized carbons (Fsp3) is 0.286. The van der Waals surface area contributed by atoms with Crippen LogP contribution < -0.4 is 4.42 Å². The van der Waals surface area contributed by atoms with Crippen LogP contribution in [0.5, 0.6) is 0 Å². The molecule has 2 aromatic rings. The molecule has 1 atom stereocenters. The van der Waals surface area contributed by atoms with E-state index < -0.39 is 0 Å². The number of carbonyl (C=O) groups is 1. The third-order valence-electron chi connectivity index (χ3n) is 2.87. The number of rotatable bonds is 4. The lowest BCUT2D eigenvalue weighted by Gasteiger charge is -2.23. The molecule has 2 rings (SSSR count). The van der Waals surface area contributed by atoms with Gasteiger partial charge in [-0.25, -0.2) is 4.98 Å². The van der Waals surface area contributed by atoms with Gasteiger partial charge in [-0.05, 0) is 11.5 Å². The largest absolute Gasteiger partial charge is 0.272 e. The Morgan fingerprint density at radius 2 is 2.00 bits per heavy atom. The Balaban J connectivity index is 2.28. The first-order valence-corrected chi connectivity index (χ1v) is 7.27. The van der Waals surface area contributed by atoms with Crippen molar-refractivity contribution in [1.29, 1.82) is 0 Å². The summed E-state index contributed by atoms with van der Waals surface area (Å²) in [6, 6.07) is 9.70. The molecule has 0 aliphatic heterocycles. The summed E-state index contributed by atoms with van der Waals surface area (Å²) >= 11 is 7.46. The first-order chi connectivity index (χ1) is 9.11. The van der Waals surface area contributed by atoms with E-state index in [1.165, 1.54) is 11.3 Å². The fourth-order valence-electron chi connectivity index (χ4n) is 2.00. The summed E-state index contributed by atoms with van der Waals surface area (Å²) in [7, 11) is 0. The van der Waals surface area contributed by atoms with E-state index in [4.69, 9.17) is 11.8 Å². The Morgan fingerprint density at radius 1 is 1.32 bits per heavy atom. The highest BCUT2D eigenvalue weighted by Crippen LogP contribution is 2.30. The van der Waals surface area contributed by atoms with Crippen molar-refractivity contribution in [3.63, 3.8) is 0 Å². The molecule has 1 heterocycles. The summed E-state index contributed by atoms with van der Waals surface area (Å²) < 4.78 is 1.13. The monoisotopic (exact) mass is 294 g/mol. The summed E-state index contributed by atoms with van der Waals surface area (Å²) in [4.78, 5) is 16.6. The fourth-order valence-corrected chi connectivity index (χ4v) is 2.82. The number of hydrogen-bond acceptors (Lipinski definition) is 3. The zero-order valence-electron chi connectivity index (χ0n) is 10.8. The molecule has 0 N–H and O–H groups in total. The van der Waals surface area contributed by atoms with Crippen LogP contribution in [0.15, 0.2) is 41.9 Å². The predicted octanol–water partition coefficient (Wildman–Crippen LogP) is 4.07. The van der Waals surface area contributed by atoms with Gasteiger partial charge in [0.2, 0.25) is 5.13 Å². The van der Waals surface area contributed by atoms with Gasteiger partial charge in [0.05, 0.1) is 5.92 Å². The molecule has 0 spiro atoms. The number of benzene rings is 1. The number of thiazole rings is 1. The van der Waals surface area contributed by atoms with Gasteiger partial charge in [0, 0.05) is 23.4 Å². The molecule has 5 heteroatoms. The predicted molar refractivity (Wildman–Crippen MR) is 79.5 cm³/mol. The highest BCUT2D eigenvalue weighted by molar-refractivity contribution is 7.14. The summed E-state index contributed by atoms with van der Waals surface area (Å²) in [5.41, 5.74) is 0.977. The second-order valence-corrected chi connectivity index (χ2v) is 5.78. The van der Waals surface area contributed by atoms with Crippen LogP contribution in [0.2, 0.25) is 0 Å². The molecule has 0 aliphatic rings. The average Bonchev–Trinajstić information content (AvgIpc) is 2.92. The normalized spacial score (nSPS) is 12.4. The van der Waals surface area contributed by atoms with E-state index in [-0.39, 0.29) is 17.7 Å². The lowest BCUT2D eigenvalue weighted by Crippen LogP contribution is -2.30. The van der Waals surface area contributed by atoms with Gasteiger partial charge in [0.15, 0.2) is 0 Å². The van der Waals surface area contributed by atoms with Crippen molar-refractivity contribution in [2.24, 2.45) is 5.92 Å². The van der Waals surface area contributed by atoms with Crippen molar-refractivity contribution in [2.45, 2.75) is 19.8 Å². The van der Waals surface area contributed by atoms with E-state index in [0.717, 1.165) is 9.98 Å². The first-order valence-electron chi connectivity index (χ1n) is 6.05. The summed E-state index contributed by atoms with van der Waals surface area (Å²) in [6.45, 7) is 4.03. The molecule has 1 aromatic carbocycles. The van der Waals surface area contributed by atoms with Crippen LogP contribution in [0.4, 0.5) is 5.13 Å². The van der Waals surface area contributed by atoms with Crippen LogP contribution in [0.25, 0.3) is 0 Å². The van der Waals surface area contributed by atoms with Crippen LogP contribution in [0.3, 0.4) is 0 Å². The van der Waals surface area contributed by atoms with Crippen LogP contribution in [-0.2, 0) is 4.79 Å². The number of anilines is 1. The van der Waals surface area contributed by atoms with Gasteiger partial charge in [-0.1, -0.05) is 44.2 Å². The Kier molecular flexibility index (Phi) is 4.56. The maximum absolute atomic E-state index is 12.5. The molecule has 0 bridgehead atoms. The molecule has 1 unspecified atom stereocenters. The highest BCUT2D eigenvalue weighted by Gasteiger charge is 2.29. The summed E-state index contributed by atoms with van der Waals surface area (Å²) in [5, 5.41) is 2.30. The molecule has 0 saturated carbocycles. The van der Waals surface area contributed by atoms with Gasteiger partial charge in [-0.2, -0.15) is 4.42 Å². The lowest BCUT2D eigenvalue weighted by atomic mass is 9.88. The molecule has 0 aliphatic carbocycles. The minimum atomic E-state index is -0.261. The topological polar surface area (TPSA) is 33.2 Å². The smallest absolute Gasteiger partial charge is 0.251 e.